The average Bonchev–Trinajstić information content (AvgIpc) is 2.49. The van der Waals surface area contributed by atoms with Gasteiger partial charge >= 0.3 is 0 Å². The van der Waals surface area contributed by atoms with E-state index in [-0.39, 0.29) is 18.1 Å². The molecule has 1 saturated carbocycles. The highest BCUT2D eigenvalue weighted by molar-refractivity contribution is 7.89. The van der Waals surface area contributed by atoms with Crippen LogP contribution in [0.2, 0.25) is 0 Å². The third-order valence-electron chi connectivity index (χ3n) is 4.05. The zero-order chi connectivity index (χ0) is 17.4. The van der Waals surface area contributed by atoms with Gasteiger partial charge in [0.15, 0.2) is 5.96 Å². The minimum absolute atomic E-state index is 0.0135. The number of aliphatic imine (C=N–C) groups is 1. The third kappa shape index (κ3) is 6.45. The summed E-state index contributed by atoms with van der Waals surface area (Å²) in [5.41, 5.74) is 0.785. The first-order valence-corrected chi connectivity index (χ1v) is 9.80. The van der Waals surface area contributed by atoms with Crippen LogP contribution in [0.3, 0.4) is 0 Å². The fraction of sp³-hybridized carbons (Fsp3) is 0.562. The molecule has 0 radical (unpaired) electrons. The lowest BCUT2D eigenvalue weighted by molar-refractivity contribution is 0.316. The van der Waals surface area contributed by atoms with E-state index in [4.69, 9.17) is 0 Å². The second-order valence-electron chi connectivity index (χ2n) is 5.95. The number of guanidine groups is 1. The van der Waals surface area contributed by atoms with Crippen LogP contribution in [0.15, 0.2) is 29.3 Å². The number of nitrogens with one attached hydrogen (secondary N) is 3. The molecule has 1 fully saturated rings. The van der Waals surface area contributed by atoms with E-state index >= 15 is 0 Å². The minimum atomic E-state index is -3.27. The molecule has 1 aliphatic rings. The molecule has 0 heterocycles. The number of nitrogens with zero attached hydrogens (tertiary/aromatic N) is 1. The summed E-state index contributed by atoms with van der Waals surface area (Å²) < 4.78 is 39.6. The normalized spacial score (nSPS) is 15.8. The highest BCUT2D eigenvalue weighted by atomic mass is 32.2. The van der Waals surface area contributed by atoms with E-state index in [1.54, 1.807) is 19.2 Å². The van der Waals surface area contributed by atoms with E-state index in [0.717, 1.165) is 18.4 Å². The SMILES string of the molecule is CN=C(NCCS(=O)(=O)NCC1CCC1)NCc1cccc(F)c1. The van der Waals surface area contributed by atoms with E-state index in [0.29, 0.717) is 25.0 Å². The minimum Gasteiger partial charge on any atom is -0.355 e. The molecule has 0 unspecified atom stereocenters. The van der Waals surface area contributed by atoms with Crippen LogP contribution in [0, 0.1) is 11.7 Å². The molecule has 0 saturated heterocycles. The van der Waals surface area contributed by atoms with Crippen molar-refractivity contribution in [1.29, 1.82) is 0 Å². The van der Waals surface area contributed by atoms with Gasteiger partial charge in [-0.15, -0.1) is 0 Å². The van der Waals surface area contributed by atoms with Crippen molar-refractivity contribution < 1.29 is 12.8 Å². The van der Waals surface area contributed by atoms with Crippen molar-refractivity contribution >= 4 is 16.0 Å². The molecule has 0 atom stereocenters. The Labute approximate surface area is 143 Å². The van der Waals surface area contributed by atoms with E-state index < -0.39 is 10.0 Å². The summed E-state index contributed by atoms with van der Waals surface area (Å²) in [5.74, 6) is 0.670. The lowest BCUT2D eigenvalue weighted by Gasteiger charge is -2.25. The molecule has 0 aromatic heterocycles. The highest BCUT2D eigenvalue weighted by Gasteiger charge is 2.19. The number of hydrogen-bond donors (Lipinski definition) is 3. The van der Waals surface area contributed by atoms with Gasteiger partial charge in [0.25, 0.3) is 0 Å². The summed E-state index contributed by atoms with van der Waals surface area (Å²) in [6, 6.07) is 6.27. The topological polar surface area (TPSA) is 82.6 Å². The van der Waals surface area contributed by atoms with Crippen LogP contribution >= 0.6 is 0 Å². The predicted molar refractivity (Wildman–Crippen MR) is 93.7 cm³/mol. The molecule has 1 aromatic carbocycles. The Balaban J connectivity index is 1.68. The maximum Gasteiger partial charge on any atom is 0.213 e. The summed E-state index contributed by atoms with van der Waals surface area (Å²) in [6.45, 7) is 1.20. The zero-order valence-corrected chi connectivity index (χ0v) is 14.7. The second-order valence-corrected chi connectivity index (χ2v) is 7.87. The Morgan fingerprint density at radius 1 is 1.33 bits per heavy atom. The molecule has 24 heavy (non-hydrogen) atoms. The molecule has 1 aromatic rings. The molecule has 134 valence electrons. The summed E-state index contributed by atoms with van der Waals surface area (Å²) in [5, 5.41) is 5.98. The highest BCUT2D eigenvalue weighted by Crippen LogP contribution is 2.25. The fourth-order valence-corrected chi connectivity index (χ4v) is 3.38. The van der Waals surface area contributed by atoms with Gasteiger partial charge in [0.05, 0.1) is 5.75 Å². The molecule has 0 amide bonds. The number of benzene rings is 1. The first-order chi connectivity index (χ1) is 11.5. The summed E-state index contributed by atoms with van der Waals surface area (Å²) in [7, 11) is -1.67. The van der Waals surface area contributed by atoms with Gasteiger partial charge in [-0.1, -0.05) is 18.6 Å². The van der Waals surface area contributed by atoms with Gasteiger partial charge in [0.2, 0.25) is 10.0 Å². The van der Waals surface area contributed by atoms with E-state index in [1.807, 2.05) is 0 Å². The fourth-order valence-electron chi connectivity index (χ4n) is 2.37. The van der Waals surface area contributed by atoms with Crippen molar-refractivity contribution in [2.45, 2.75) is 25.8 Å². The first-order valence-electron chi connectivity index (χ1n) is 8.15. The molecule has 0 spiro atoms. The number of rotatable bonds is 8. The number of hydrogen-bond acceptors (Lipinski definition) is 3. The molecule has 2 rings (SSSR count). The Morgan fingerprint density at radius 2 is 2.12 bits per heavy atom. The van der Waals surface area contributed by atoms with Crippen molar-refractivity contribution in [2.75, 3.05) is 25.9 Å². The number of sulfonamides is 1. The van der Waals surface area contributed by atoms with Crippen LogP contribution in [-0.4, -0.2) is 40.3 Å². The van der Waals surface area contributed by atoms with Gasteiger partial charge in [-0.05, 0) is 36.5 Å². The van der Waals surface area contributed by atoms with Crippen LogP contribution in [0.5, 0.6) is 0 Å². The van der Waals surface area contributed by atoms with E-state index in [9.17, 15) is 12.8 Å². The first kappa shape index (κ1) is 18.7. The van der Waals surface area contributed by atoms with Gasteiger partial charge in [0.1, 0.15) is 5.82 Å². The predicted octanol–water partition coefficient (Wildman–Crippen LogP) is 1.21. The summed E-state index contributed by atoms with van der Waals surface area (Å²) in [6.07, 6.45) is 3.41. The van der Waals surface area contributed by atoms with Gasteiger partial charge in [0, 0.05) is 26.7 Å². The van der Waals surface area contributed by atoms with Crippen molar-refractivity contribution in [3.8, 4) is 0 Å². The third-order valence-corrected chi connectivity index (χ3v) is 5.40. The monoisotopic (exact) mass is 356 g/mol. The Bertz CT molecular complexity index is 660. The molecular formula is C16H25FN4O2S. The van der Waals surface area contributed by atoms with Gasteiger partial charge in [-0.25, -0.2) is 17.5 Å². The lowest BCUT2D eigenvalue weighted by Crippen LogP contribution is -2.41. The summed E-state index contributed by atoms with van der Waals surface area (Å²) >= 11 is 0. The molecular weight excluding hydrogens is 331 g/mol. The lowest BCUT2D eigenvalue weighted by atomic mass is 9.86. The smallest absolute Gasteiger partial charge is 0.213 e. The molecule has 0 aliphatic heterocycles. The standard InChI is InChI=1S/C16H25FN4O2S/c1-18-16(20-11-14-6-3-7-15(17)10-14)19-8-9-24(22,23)21-12-13-4-2-5-13/h3,6-7,10,13,21H,2,4-5,8-9,11-12H2,1H3,(H2,18,19,20). The van der Waals surface area contributed by atoms with Crippen LogP contribution in [0.4, 0.5) is 4.39 Å². The Morgan fingerprint density at radius 3 is 2.75 bits per heavy atom. The van der Waals surface area contributed by atoms with Crippen molar-refractivity contribution in [3.63, 3.8) is 0 Å². The van der Waals surface area contributed by atoms with Crippen molar-refractivity contribution in [1.82, 2.24) is 15.4 Å². The second kappa shape index (κ2) is 8.98. The van der Waals surface area contributed by atoms with Crippen molar-refractivity contribution in [3.05, 3.63) is 35.6 Å². The summed E-state index contributed by atoms with van der Waals surface area (Å²) in [4.78, 5) is 4.03. The quantitative estimate of drug-likeness (QED) is 0.483. The van der Waals surface area contributed by atoms with E-state index in [1.165, 1.54) is 18.6 Å². The maximum atomic E-state index is 13.1. The maximum absolute atomic E-state index is 13.1. The molecule has 1 aliphatic carbocycles. The Hall–Kier alpha value is -1.67. The van der Waals surface area contributed by atoms with E-state index in [2.05, 4.69) is 20.3 Å². The molecule has 8 heteroatoms. The van der Waals surface area contributed by atoms with Gasteiger partial charge in [-0.2, -0.15) is 0 Å². The van der Waals surface area contributed by atoms with Gasteiger partial charge in [-0.3, -0.25) is 4.99 Å². The Kier molecular flexibility index (Phi) is 6.99. The molecule has 6 nitrogen and oxygen atoms in total. The zero-order valence-electron chi connectivity index (χ0n) is 13.9. The molecule has 0 bridgehead atoms. The van der Waals surface area contributed by atoms with Crippen LogP contribution < -0.4 is 15.4 Å². The largest absolute Gasteiger partial charge is 0.355 e. The average molecular weight is 356 g/mol. The van der Waals surface area contributed by atoms with Crippen LogP contribution in [0.25, 0.3) is 0 Å². The van der Waals surface area contributed by atoms with Crippen molar-refractivity contribution in [2.24, 2.45) is 10.9 Å². The van der Waals surface area contributed by atoms with Crippen LogP contribution in [0.1, 0.15) is 24.8 Å². The number of halogens is 1. The van der Waals surface area contributed by atoms with Crippen LogP contribution in [-0.2, 0) is 16.6 Å². The molecule has 3 N–H and O–H groups in total. The van der Waals surface area contributed by atoms with Gasteiger partial charge < -0.3 is 10.6 Å².